The molecule has 2 amide bonds. The van der Waals surface area contributed by atoms with Gasteiger partial charge in [0.25, 0.3) is 0 Å². The van der Waals surface area contributed by atoms with Crippen LogP contribution in [0.5, 0.6) is 11.5 Å². The maximum Gasteiger partial charge on any atom is 0.321 e. The van der Waals surface area contributed by atoms with Crippen molar-refractivity contribution in [1.82, 2.24) is 10.3 Å². The molecule has 3 rings (SSSR count). The van der Waals surface area contributed by atoms with E-state index in [4.69, 9.17) is 9.47 Å². The van der Waals surface area contributed by atoms with Crippen LogP contribution in [0.15, 0.2) is 23.6 Å². The van der Waals surface area contributed by atoms with Crippen LogP contribution >= 0.6 is 11.3 Å². The molecule has 0 saturated carbocycles. The first-order valence-electron chi connectivity index (χ1n) is 6.16. The Morgan fingerprint density at radius 1 is 1.40 bits per heavy atom. The van der Waals surface area contributed by atoms with Crippen molar-refractivity contribution >= 4 is 22.5 Å². The number of fused-ring (bicyclic) bond motifs is 1. The van der Waals surface area contributed by atoms with E-state index < -0.39 is 0 Å². The number of carbonyl (C=O) groups is 1. The third-order valence-corrected chi connectivity index (χ3v) is 3.49. The second-order valence-corrected chi connectivity index (χ2v) is 4.95. The molecule has 1 aliphatic rings. The molecule has 0 saturated heterocycles. The van der Waals surface area contributed by atoms with E-state index >= 15 is 0 Å². The van der Waals surface area contributed by atoms with Crippen molar-refractivity contribution in [1.29, 1.82) is 0 Å². The monoisotopic (exact) mass is 291 g/mol. The number of nitrogens with zero attached hydrogens (tertiary/aromatic N) is 1. The lowest BCUT2D eigenvalue weighted by Crippen LogP contribution is -2.28. The third kappa shape index (κ3) is 2.53. The van der Waals surface area contributed by atoms with Gasteiger partial charge in [-0.3, -0.25) is 5.32 Å². The van der Waals surface area contributed by atoms with Gasteiger partial charge in [-0.25, -0.2) is 9.78 Å². The van der Waals surface area contributed by atoms with Crippen LogP contribution in [0.3, 0.4) is 0 Å². The summed E-state index contributed by atoms with van der Waals surface area (Å²) in [5, 5.41) is 7.79. The van der Waals surface area contributed by atoms with E-state index in [1.807, 2.05) is 30.5 Å². The van der Waals surface area contributed by atoms with Gasteiger partial charge in [0, 0.05) is 17.5 Å². The van der Waals surface area contributed by atoms with E-state index in [9.17, 15) is 4.79 Å². The summed E-state index contributed by atoms with van der Waals surface area (Å²) in [4.78, 5) is 15.8. The van der Waals surface area contributed by atoms with Crippen molar-refractivity contribution in [3.8, 4) is 22.8 Å². The Balaban J connectivity index is 1.78. The van der Waals surface area contributed by atoms with Gasteiger partial charge in [0.05, 0.1) is 5.69 Å². The normalized spacial score (nSPS) is 12.2. The minimum Gasteiger partial charge on any atom is -0.454 e. The molecule has 0 atom stereocenters. The second-order valence-electron chi connectivity index (χ2n) is 4.09. The van der Waals surface area contributed by atoms with Crippen LogP contribution in [0.4, 0.5) is 9.93 Å². The topological polar surface area (TPSA) is 72.5 Å². The van der Waals surface area contributed by atoms with Gasteiger partial charge < -0.3 is 14.8 Å². The summed E-state index contributed by atoms with van der Waals surface area (Å²) in [5.41, 5.74) is 1.72. The summed E-state index contributed by atoms with van der Waals surface area (Å²) in [6.45, 7) is 2.69. The fourth-order valence-electron chi connectivity index (χ4n) is 1.82. The van der Waals surface area contributed by atoms with Crippen LogP contribution in [0.1, 0.15) is 6.92 Å². The lowest BCUT2D eigenvalue weighted by atomic mass is 10.1. The smallest absolute Gasteiger partial charge is 0.321 e. The molecule has 6 nitrogen and oxygen atoms in total. The number of urea groups is 1. The van der Waals surface area contributed by atoms with Crippen molar-refractivity contribution in [3.63, 3.8) is 0 Å². The average molecular weight is 291 g/mol. The number of benzene rings is 1. The number of carbonyl (C=O) groups excluding carboxylic acids is 1. The molecule has 2 N–H and O–H groups in total. The zero-order valence-electron chi connectivity index (χ0n) is 10.8. The summed E-state index contributed by atoms with van der Waals surface area (Å²) in [5.74, 6) is 1.46. The van der Waals surface area contributed by atoms with E-state index in [0.717, 1.165) is 17.0 Å². The Bertz CT molecular complexity index is 642. The predicted octanol–water partition coefficient (Wildman–Crippen LogP) is 2.68. The highest BCUT2D eigenvalue weighted by Crippen LogP contribution is 2.36. The van der Waals surface area contributed by atoms with Crippen LogP contribution in [-0.4, -0.2) is 24.4 Å². The second kappa shape index (κ2) is 5.38. The number of hydrogen-bond donors (Lipinski definition) is 2. The van der Waals surface area contributed by atoms with Gasteiger partial charge in [0.2, 0.25) is 6.79 Å². The van der Waals surface area contributed by atoms with Crippen LogP contribution in [0, 0.1) is 0 Å². The number of hydrogen-bond acceptors (Lipinski definition) is 5. The van der Waals surface area contributed by atoms with Gasteiger partial charge in [0.15, 0.2) is 16.6 Å². The minimum absolute atomic E-state index is 0.250. The fraction of sp³-hybridized carbons (Fsp3) is 0.231. The number of aromatic nitrogens is 1. The van der Waals surface area contributed by atoms with E-state index in [1.54, 1.807) is 0 Å². The lowest BCUT2D eigenvalue weighted by molar-refractivity contribution is 0.174. The van der Waals surface area contributed by atoms with Crippen LogP contribution in [0.25, 0.3) is 11.3 Å². The number of anilines is 1. The predicted molar refractivity (Wildman–Crippen MR) is 76.4 cm³/mol. The fourth-order valence-corrected chi connectivity index (χ4v) is 2.54. The van der Waals surface area contributed by atoms with Gasteiger partial charge >= 0.3 is 6.03 Å². The molecule has 1 aliphatic heterocycles. The molecule has 0 radical (unpaired) electrons. The molecule has 104 valence electrons. The van der Waals surface area contributed by atoms with Gasteiger partial charge in [-0.1, -0.05) is 0 Å². The SMILES string of the molecule is CCNC(=O)Nc1nc(-c2ccc3c(c2)OCO3)cs1. The molecule has 2 heterocycles. The van der Waals surface area contributed by atoms with E-state index in [0.29, 0.717) is 17.4 Å². The molecule has 20 heavy (non-hydrogen) atoms. The van der Waals surface area contributed by atoms with Crippen molar-refractivity contribution in [2.24, 2.45) is 0 Å². The summed E-state index contributed by atoms with van der Waals surface area (Å²) >= 11 is 1.38. The Morgan fingerprint density at radius 3 is 3.10 bits per heavy atom. The Labute approximate surface area is 119 Å². The Hall–Kier alpha value is -2.28. The minimum atomic E-state index is -0.251. The van der Waals surface area contributed by atoms with Crippen LogP contribution in [0.2, 0.25) is 0 Å². The Morgan fingerprint density at radius 2 is 2.25 bits per heavy atom. The molecule has 7 heteroatoms. The molecule has 1 aromatic carbocycles. The van der Waals surface area contributed by atoms with Crippen molar-refractivity contribution < 1.29 is 14.3 Å². The molecule has 1 aromatic heterocycles. The van der Waals surface area contributed by atoms with Gasteiger partial charge in [-0.2, -0.15) is 0 Å². The lowest BCUT2D eigenvalue weighted by Gasteiger charge is -2.01. The average Bonchev–Trinajstić information content (AvgIpc) is 3.06. The zero-order chi connectivity index (χ0) is 13.9. The summed E-state index contributed by atoms with van der Waals surface area (Å²) < 4.78 is 10.6. The summed E-state index contributed by atoms with van der Waals surface area (Å²) in [7, 11) is 0. The van der Waals surface area contributed by atoms with E-state index in [2.05, 4.69) is 15.6 Å². The maximum absolute atomic E-state index is 11.4. The van der Waals surface area contributed by atoms with E-state index in [1.165, 1.54) is 11.3 Å². The number of amides is 2. The highest BCUT2D eigenvalue weighted by atomic mass is 32.1. The molecule has 0 unspecified atom stereocenters. The number of nitrogens with one attached hydrogen (secondary N) is 2. The van der Waals surface area contributed by atoms with Gasteiger partial charge in [0.1, 0.15) is 0 Å². The Kier molecular flexibility index (Phi) is 3.42. The molecule has 0 spiro atoms. The molecule has 0 aliphatic carbocycles. The largest absolute Gasteiger partial charge is 0.454 e. The first kappa shape index (κ1) is 12.7. The molecular weight excluding hydrogens is 278 g/mol. The van der Waals surface area contributed by atoms with Crippen LogP contribution < -0.4 is 20.1 Å². The maximum atomic E-state index is 11.4. The molecular formula is C13H13N3O3S. The number of thiazole rings is 1. The van der Waals surface area contributed by atoms with Gasteiger partial charge in [-0.15, -0.1) is 11.3 Å². The van der Waals surface area contributed by atoms with Crippen molar-refractivity contribution in [2.45, 2.75) is 6.92 Å². The van der Waals surface area contributed by atoms with Gasteiger partial charge in [-0.05, 0) is 25.1 Å². The first-order valence-corrected chi connectivity index (χ1v) is 7.04. The summed E-state index contributed by atoms with van der Waals surface area (Å²) in [6, 6.07) is 5.40. The summed E-state index contributed by atoms with van der Waals surface area (Å²) in [6.07, 6.45) is 0. The first-order chi connectivity index (χ1) is 9.76. The molecule has 2 aromatic rings. The third-order valence-electron chi connectivity index (χ3n) is 2.73. The standard InChI is InChI=1S/C13H13N3O3S/c1-2-14-12(17)16-13-15-9(6-20-13)8-3-4-10-11(5-8)19-7-18-10/h3-6H,2,7H2,1H3,(H2,14,15,16,17). The highest BCUT2D eigenvalue weighted by molar-refractivity contribution is 7.14. The zero-order valence-corrected chi connectivity index (χ0v) is 11.6. The van der Waals surface area contributed by atoms with Crippen molar-refractivity contribution in [3.05, 3.63) is 23.6 Å². The van der Waals surface area contributed by atoms with Crippen LogP contribution in [-0.2, 0) is 0 Å². The number of rotatable bonds is 3. The number of ether oxygens (including phenoxy) is 2. The molecule has 0 fully saturated rings. The quantitative estimate of drug-likeness (QED) is 0.912. The molecule has 0 bridgehead atoms. The van der Waals surface area contributed by atoms with Crippen molar-refractivity contribution in [2.75, 3.05) is 18.7 Å². The highest BCUT2D eigenvalue weighted by Gasteiger charge is 2.15. The van der Waals surface area contributed by atoms with E-state index in [-0.39, 0.29) is 12.8 Å².